The summed E-state index contributed by atoms with van der Waals surface area (Å²) in [4.78, 5) is 17.3. The highest BCUT2D eigenvalue weighted by molar-refractivity contribution is 5.98. The molecule has 8 nitrogen and oxygen atoms in total. The molecule has 2 aromatic carbocycles. The van der Waals surface area contributed by atoms with E-state index in [1.807, 2.05) is 44.2 Å². The van der Waals surface area contributed by atoms with Crippen molar-refractivity contribution in [2.24, 2.45) is 12.2 Å². The summed E-state index contributed by atoms with van der Waals surface area (Å²) in [6.07, 6.45) is 0. The highest BCUT2D eigenvalue weighted by Gasteiger charge is 2.17. The first-order valence-electron chi connectivity index (χ1n) is 9.76. The fourth-order valence-electron chi connectivity index (χ4n) is 3.33. The molecule has 1 heterocycles. The van der Waals surface area contributed by atoms with Gasteiger partial charge in [-0.3, -0.25) is 0 Å². The molecule has 0 unspecified atom stereocenters. The molecule has 3 rings (SSSR count). The molecule has 8 heteroatoms. The third kappa shape index (κ3) is 4.27. The van der Waals surface area contributed by atoms with Gasteiger partial charge in [0.2, 0.25) is 0 Å². The molecule has 0 aliphatic rings. The van der Waals surface area contributed by atoms with Crippen molar-refractivity contribution in [3.05, 3.63) is 69.1 Å². The van der Waals surface area contributed by atoms with E-state index in [1.165, 1.54) is 16.5 Å². The second-order valence-electron chi connectivity index (χ2n) is 7.42. The van der Waals surface area contributed by atoms with Gasteiger partial charge in [0.05, 0.1) is 11.4 Å². The van der Waals surface area contributed by atoms with Crippen LogP contribution in [-0.4, -0.2) is 32.6 Å². The summed E-state index contributed by atoms with van der Waals surface area (Å²) >= 11 is 0. The van der Waals surface area contributed by atoms with E-state index in [2.05, 4.69) is 35.5 Å². The van der Waals surface area contributed by atoms with E-state index in [0.717, 1.165) is 33.7 Å². The van der Waals surface area contributed by atoms with Crippen LogP contribution < -0.4 is 10.4 Å². The second kappa shape index (κ2) is 8.94. The summed E-state index contributed by atoms with van der Waals surface area (Å²) in [6.45, 7) is 8.40. The van der Waals surface area contributed by atoms with Gasteiger partial charge in [-0.25, -0.2) is 4.79 Å². The molecule has 0 radical (unpaired) electrons. The molecule has 0 saturated heterocycles. The van der Waals surface area contributed by atoms with Crippen molar-refractivity contribution in [1.82, 2.24) is 19.8 Å². The lowest BCUT2D eigenvalue weighted by atomic mass is 9.96. The minimum absolute atomic E-state index is 0.257. The highest BCUT2D eigenvalue weighted by atomic mass is 16.6. The van der Waals surface area contributed by atoms with E-state index in [9.17, 15) is 4.79 Å². The summed E-state index contributed by atoms with van der Waals surface area (Å²) in [6, 6.07) is 11.7. The SMILES string of the molecule is CON=C(C)c1ccc(OCc2c(C(C)C)cccc2-n2nnn(C)c2=O)c(C)c1. The maximum Gasteiger partial charge on any atom is 0.368 e. The monoisotopic (exact) mass is 409 g/mol. The minimum atomic E-state index is -0.300. The van der Waals surface area contributed by atoms with E-state index in [1.54, 1.807) is 7.05 Å². The second-order valence-corrected chi connectivity index (χ2v) is 7.42. The Kier molecular flexibility index (Phi) is 6.34. The molecule has 158 valence electrons. The van der Waals surface area contributed by atoms with Crippen LogP contribution in [0.15, 0.2) is 46.3 Å². The fourth-order valence-corrected chi connectivity index (χ4v) is 3.33. The number of hydrogen-bond acceptors (Lipinski definition) is 6. The molecule has 3 aromatic rings. The normalized spacial score (nSPS) is 11.8. The van der Waals surface area contributed by atoms with Gasteiger partial charge in [0, 0.05) is 12.6 Å². The van der Waals surface area contributed by atoms with E-state index in [4.69, 9.17) is 9.57 Å². The molecule has 0 aliphatic heterocycles. The Hall–Kier alpha value is -3.42. The van der Waals surface area contributed by atoms with Crippen LogP contribution in [0.5, 0.6) is 5.75 Å². The van der Waals surface area contributed by atoms with Gasteiger partial charge in [-0.05, 0) is 71.1 Å². The summed E-state index contributed by atoms with van der Waals surface area (Å²) in [5.41, 5.74) is 5.14. The zero-order valence-corrected chi connectivity index (χ0v) is 18.2. The zero-order chi connectivity index (χ0) is 21.8. The van der Waals surface area contributed by atoms with Crippen molar-refractivity contribution in [3.8, 4) is 11.4 Å². The van der Waals surface area contributed by atoms with Gasteiger partial charge in [-0.1, -0.05) is 31.1 Å². The molecule has 0 bridgehead atoms. The van der Waals surface area contributed by atoms with Crippen molar-refractivity contribution < 1.29 is 9.57 Å². The average Bonchev–Trinajstić information content (AvgIpc) is 3.05. The first-order valence-corrected chi connectivity index (χ1v) is 9.76. The van der Waals surface area contributed by atoms with Crippen LogP contribution in [0.4, 0.5) is 0 Å². The lowest BCUT2D eigenvalue weighted by molar-refractivity contribution is 0.213. The fraction of sp³-hybridized carbons (Fsp3) is 0.364. The Morgan fingerprint density at radius 2 is 1.97 bits per heavy atom. The molecule has 30 heavy (non-hydrogen) atoms. The summed E-state index contributed by atoms with van der Waals surface area (Å²) in [5.74, 6) is 1.02. The zero-order valence-electron chi connectivity index (χ0n) is 18.2. The third-order valence-corrected chi connectivity index (χ3v) is 4.95. The predicted molar refractivity (Wildman–Crippen MR) is 115 cm³/mol. The number of benzene rings is 2. The molecule has 0 amide bonds. The number of ether oxygens (including phenoxy) is 1. The third-order valence-electron chi connectivity index (χ3n) is 4.95. The average molecular weight is 409 g/mol. The number of tetrazole rings is 1. The van der Waals surface area contributed by atoms with E-state index in [-0.39, 0.29) is 11.6 Å². The lowest BCUT2D eigenvalue weighted by Crippen LogP contribution is -2.23. The summed E-state index contributed by atoms with van der Waals surface area (Å²) in [7, 11) is 3.11. The maximum atomic E-state index is 12.4. The molecule has 0 fully saturated rings. The molecule has 0 saturated carbocycles. The van der Waals surface area contributed by atoms with Crippen LogP contribution in [0.2, 0.25) is 0 Å². The van der Waals surface area contributed by atoms with Gasteiger partial charge in [0.1, 0.15) is 19.5 Å². The molecular formula is C22H27N5O3. The van der Waals surface area contributed by atoms with Gasteiger partial charge in [-0.15, -0.1) is 0 Å². The van der Waals surface area contributed by atoms with Gasteiger partial charge >= 0.3 is 5.69 Å². The van der Waals surface area contributed by atoms with Crippen LogP contribution in [0, 0.1) is 6.92 Å². The van der Waals surface area contributed by atoms with Gasteiger partial charge in [0.15, 0.2) is 0 Å². The molecule has 0 spiro atoms. The Morgan fingerprint density at radius 3 is 2.57 bits per heavy atom. The van der Waals surface area contributed by atoms with E-state index < -0.39 is 0 Å². The van der Waals surface area contributed by atoms with Crippen LogP contribution in [0.3, 0.4) is 0 Å². The quantitative estimate of drug-likeness (QED) is 0.441. The predicted octanol–water partition coefficient (Wildman–Crippen LogP) is 3.35. The number of rotatable bonds is 7. The number of aromatic nitrogens is 4. The van der Waals surface area contributed by atoms with Crippen molar-refractivity contribution in [1.29, 1.82) is 0 Å². The van der Waals surface area contributed by atoms with Crippen molar-refractivity contribution in [3.63, 3.8) is 0 Å². The summed E-state index contributed by atoms with van der Waals surface area (Å²) in [5, 5.41) is 11.8. The first kappa shape index (κ1) is 21.3. The number of oxime groups is 1. The van der Waals surface area contributed by atoms with Crippen LogP contribution in [0.25, 0.3) is 5.69 Å². The van der Waals surface area contributed by atoms with Crippen molar-refractivity contribution in [2.45, 2.75) is 40.2 Å². The Morgan fingerprint density at radius 1 is 1.20 bits per heavy atom. The molecular weight excluding hydrogens is 382 g/mol. The largest absolute Gasteiger partial charge is 0.489 e. The summed E-state index contributed by atoms with van der Waals surface area (Å²) < 4.78 is 8.69. The van der Waals surface area contributed by atoms with Crippen LogP contribution in [-0.2, 0) is 18.5 Å². The van der Waals surface area contributed by atoms with Gasteiger partial charge in [-0.2, -0.15) is 9.36 Å². The highest BCUT2D eigenvalue weighted by Crippen LogP contribution is 2.27. The Bertz CT molecular complexity index is 1130. The van der Waals surface area contributed by atoms with Crippen LogP contribution in [0.1, 0.15) is 48.9 Å². The molecule has 1 aromatic heterocycles. The lowest BCUT2D eigenvalue weighted by Gasteiger charge is -2.18. The van der Waals surface area contributed by atoms with E-state index in [0.29, 0.717) is 12.3 Å². The number of aryl methyl sites for hydroxylation is 2. The van der Waals surface area contributed by atoms with Crippen molar-refractivity contribution in [2.75, 3.05) is 7.11 Å². The van der Waals surface area contributed by atoms with Gasteiger partial charge in [0.25, 0.3) is 0 Å². The Labute approximate surface area is 175 Å². The van der Waals surface area contributed by atoms with E-state index >= 15 is 0 Å². The van der Waals surface area contributed by atoms with Gasteiger partial charge < -0.3 is 9.57 Å². The topological polar surface area (TPSA) is 83.5 Å². The van der Waals surface area contributed by atoms with Crippen molar-refractivity contribution >= 4 is 5.71 Å². The Balaban J connectivity index is 1.96. The smallest absolute Gasteiger partial charge is 0.368 e. The maximum absolute atomic E-state index is 12.4. The number of nitrogens with zero attached hydrogens (tertiary/aromatic N) is 5. The standard InChI is InChI=1S/C22H27N5O3/c1-14(2)18-8-7-9-20(27-22(28)26(5)24-25-27)19(18)13-30-21-11-10-17(12-15(21)3)16(4)23-29-6/h7-12,14H,13H2,1-6H3. The van der Waals surface area contributed by atoms with Crippen LogP contribution >= 0.6 is 0 Å². The minimum Gasteiger partial charge on any atom is -0.489 e. The number of hydrogen-bond donors (Lipinski definition) is 0. The first-order chi connectivity index (χ1) is 14.3. The molecule has 0 aliphatic carbocycles. The molecule has 0 N–H and O–H groups in total. The molecule has 0 atom stereocenters.